The Labute approximate surface area is 77.8 Å². The van der Waals surface area contributed by atoms with Gasteiger partial charge in [0.05, 0.1) is 19.6 Å². The lowest BCUT2D eigenvalue weighted by Gasteiger charge is -2.21. The highest BCUT2D eigenvalue weighted by Crippen LogP contribution is 2.04. The van der Waals surface area contributed by atoms with E-state index in [1.54, 1.807) is 4.90 Å². The quantitative estimate of drug-likeness (QED) is 0.584. The summed E-state index contributed by atoms with van der Waals surface area (Å²) >= 11 is 0. The lowest BCUT2D eigenvalue weighted by atomic mass is 10.2. The second kappa shape index (κ2) is 4.97. The maximum absolute atomic E-state index is 11.4. The number of hydrogen-bond acceptors (Lipinski definition) is 3. The fourth-order valence-corrected chi connectivity index (χ4v) is 1.30. The zero-order valence-electron chi connectivity index (χ0n) is 7.86. The van der Waals surface area contributed by atoms with E-state index in [9.17, 15) is 9.59 Å². The van der Waals surface area contributed by atoms with E-state index in [0.717, 1.165) is 6.29 Å². The Morgan fingerprint density at radius 2 is 2.38 bits per heavy atom. The highest BCUT2D eigenvalue weighted by Gasteiger charge is 2.18. The molecule has 13 heavy (non-hydrogen) atoms. The van der Waals surface area contributed by atoms with Crippen LogP contribution in [0.4, 0.5) is 0 Å². The minimum atomic E-state index is -0.0814. The van der Waals surface area contributed by atoms with Crippen molar-refractivity contribution in [2.75, 3.05) is 26.3 Å². The van der Waals surface area contributed by atoms with E-state index in [-0.39, 0.29) is 11.8 Å². The minimum Gasteiger partial charge on any atom is -0.379 e. The van der Waals surface area contributed by atoms with Crippen LogP contribution in [0.15, 0.2) is 0 Å². The van der Waals surface area contributed by atoms with Crippen molar-refractivity contribution >= 4 is 12.2 Å². The average Bonchev–Trinajstić information content (AvgIpc) is 2.32. The summed E-state index contributed by atoms with van der Waals surface area (Å²) in [6, 6.07) is 0. The number of aldehydes is 1. The highest BCUT2D eigenvalue weighted by molar-refractivity contribution is 5.76. The van der Waals surface area contributed by atoms with E-state index in [1.165, 1.54) is 0 Å². The number of carbonyl (C=O) groups excluding carboxylic acids is 2. The van der Waals surface area contributed by atoms with Crippen molar-refractivity contribution in [2.24, 2.45) is 5.92 Å². The smallest absolute Gasteiger partial charge is 0.224 e. The molecule has 0 N–H and O–H groups in total. The number of amides is 1. The van der Waals surface area contributed by atoms with Crippen LogP contribution in [0.2, 0.25) is 0 Å². The van der Waals surface area contributed by atoms with Crippen molar-refractivity contribution in [2.45, 2.75) is 13.3 Å². The molecule has 0 saturated carbocycles. The van der Waals surface area contributed by atoms with Gasteiger partial charge in [-0.2, -0.15) is 0 Å². The summed E-state index contributed by atoms with van der Waals surface area (Å²) in [5.41, 5.74) is 0. The summed E-state index contributed by atoms with van der Waals surface area (Å²) in [5, 5.41) is 0. The van der Waals surface area contributed by atoms with Crippen molar-refractivity contribution < 1.29 is 14.3 Å². The predicted octanol–water partition coefficient (Wildman–Crippen LogP) is 0.0703. The van der Waals surface area contributed by atoms with E-state index in [4.69, 9.17) is 4.74 Å². The summed E-state index contributed by atoms with van der Waals surface area (Å²) in [6.45, 7) is 4.02. The van der Waals surface area contributed by atoms with Crippen LogP contribution in [0.3, 0.4) is 0 Å². The number of rotatable bonds is 3. The summed E-state index contributed by atoms with van der Waals surface area (Å²) in [6.07, 6.45) is 1.31. The van der Waals surface area contributed by atoms with Gasteiger partial charge in [0.15, 0.2) is 0 Å². The van der Waals surface area contributed by atoms with Gasteiger partial charge in [-0.1, -0.05) is 6.92 Å². The zero-order valence-corrected chi connectivity index (χ0v) is 7.86. The maximum atomic E-state index is 11.4. The number of ether oxygens (including phenoxy) is 1. The van der Waals surface area contributed by atoms with Gasteiger partial charge in [0.2, 0.25) is 5.91 Å². The molecule has 1 rings (SSSR count). The van der Waals surface area contributed by atoms with Gasteiger partial charge < -0.3 is 14.4 Å². The molecule has 0 aromatic heterocycles. The molecular weight excluding hydrogens is 170 g/mol. The van der Waals surface area contributed by atoms with Crippen LogP contribution in [0, 0.1) is 5.92 Å². The zero-order chi connectivity index (χ0) is 9.68. The SMILES string of the molecule is CC(C=O)CN1CCOCCC1=O. The first-order chi connectivity index (χ1) is 6.24. The van der Waals surface area contributed by atoms with Crippen molar-refractivity contribution in [1.29, 1.82) is 0 Å². The standard InChI is InChI=1S/C9H15NO3/c1-8(7-11)6-10-3-5-13-4-2-9(10)12/h7-8H,2-6H2,1H3. The molecule has 1 unspecified atom stereocenters. The number of nitrogens with zero attached hydrogens (tertiary/aromatic N) is 1. The van der Waals surface area contributed by atoms with Gasteiger partial charge >= 0.3 is 0 Å². The van der Waals surface area contributed by atoms with Gasteiger partial charge in [0.25, 0.3) is 0 Å². The normalized spacial score (nSPS) is 21.0. The molecule has 0 bridgehead atoms. The fourth-order valence-electron chi connectivity index (χ4n) is 1.30. The third-order valence-electron chi connectivity index (χ3n) is 2.06. The molecule has 1 atom stereocenters. The Hall–Kier alpha value is -0.900. The average molecular weight is 185 g/mol. The van der Waals surface area contributed by atoms with Crippen LogP contribution >= 0.6 is 0 Å². The molecule has 1 fully saturated rings. The number of carbonyl (C=O) groups is 2. The maximum Gasteiger partial charge on any atom is 0.224 e. The van der Waals surface area contributed by atoms with Crippen molar-refractivity contribution in [3.63, 3.8) is 0 Å². The topological polar surface area (TPSA) is 46.6 Å². The number of hydrogen-bond donors (Lipinski definition) is 0. The van der Waals surface area contributed by atoms with Crippen molar-refractivity contribution in [1.82, 2.24) is 4.90 Å². The van der Waals surface area contributed by atoms with Crippen LogP contribution in [-0.4, -0.2) is 43.4 Å². The van der Waals surface area contributed by atoms with Crippen LogP contribution in [-0.2, 0) is 14.3 Å². The molecule has 1 aliphatic rings. The van der Waals surface area contributed by atoms with E-state index in [2.05, 4.69) is 0 Å². The predicted molar refractivity (Wildman–Crippen MR) is 47.2 cm³/mol. The summed E-state index contributed by atoms with van der Waals surface area (Å²) in [4.78, 5) is 23.5. The summed E-state index contributed by atoms with van der Waals surface area (Å²) in [5.74, 6) is 0.00764. The molecule has 4 heteroatoms. The Morgan fingerprint density at radius 1 is 1.62 bits per heavy atom. The third-order valence-corrected chi connectivity index (χ3v) is 2.06. The molecule has 4 nitrogen and oxygen atoms in total. The molecule has 74 valence electrons. The molecule has 0 aromatic carbocycles. The molecule has 0 radical (unpaired) electrons. The minimum absolute atomic E-state index is 0.0814. The van der Waals surface area contributed by atoms with Crippen LogP contribution in [0.1, 0.15) is 13.3 Å². The highest BCUT2D eigenvalue weighted by atomic mass is 16.5. The Morgan fingerprint density at radius 3 is 3.08 bits per heavy atom. The van der Waals surface area contributed by atoms with E-state index < -0.39 is 0 Å². The van der Waals surface area contributed by atoms with Gasteiger partial charge in [-0.15, -0.1) is 0 Å². The van der Waals surface area contributed by atoms with Gasteiger partial charge in [-0.3, -0.25) is 4.79 Å². The Balaban J connectivity index is 2.44. The summed E-state index contributed by atoms with van der Waals surface area (Å²) in [7, 11) is 0. The van der Waals surface area contributed by atoms with Gasteiger partial charge in [0, 0.05) is 19.0 Å². The molecule has 1 amide bonds. The molecule has 0 aromatic rings. The Kier molecular flexibility index (Phi) is 3.89. The lowest BCUT2D eigenvalue weighted by molar-refractivity contribution is -0.131. The fraction of sp³-hybridized carbons (Fsp3) is 0.778. The van der Waals surface area contributed by atoms with Crippen LogP contribution in [0.5, 0.6) is 0 Å². The van der Waals surface area contributed by atoms with E-state index in [0.29, 0.717) is 32.7 Å². The summed E-state index contributed by atoms with van der Waals surface area (Å²) < 4.78 is 5.16. The van der Waals surface area contributed by atoms with Crippen molar-refractivity contribution in [3.05, 3.63) is 0 Å². The molecule has 1 saturated heterocycles. The second-order valence-electron chi connectivity index (χ2n) is 3.32. The monoisotopic (exact) mass is 185 g/mol. The van der Waals surface area contributed by atoms with Gasteiger partial charge in [0.1, 0.15) is 6.29 Å². The molecular formula is C9H15NO3. The first-order valence-electron chi connectivity index (χ1n) is 4.55. The molecule has 1 heterocycles. The van der Waals surface area contributed by atoms with Gasteiger partial charge in [-0.05, 0) is 0 Å². The van der Waals surface area contributed by atoms with Crippen LogP contribution < -0.4 is 0 Å². The van der Waals surface area contributed by atoms with Crippen molar-refractivity contribution in [3.8, 4) is 0 Å². The first kappa shape index (κ1) is 10.2. The molecule has 1 aliphatic heterocycles. The molecule has 0 aliphatic carbocycles. The largest absolute Gasteiger partial charge is 0.379 e. The third kappa shape index (κ3) is 3.14. The van der Waals surface area contributed by atoms with Crippen LogP contribution in [0.25, 0.3) is 0 Å². The molecule has 0 spiro atoms. The van der Waals surface area contributed by atoms with Gasteiger partial charge in [-0.25, -0.2) is 0 Å². The lowest BCUT2D eigenvalue weighted by Crippen LogP contribution is -2.35. The second-order valence-corrected chi connectivity index (χ2v) is 3.32. The van der Waals surface area contributed by atoms with E-state index in [1.807, 2.05) is 6.92 Å². The Bertz CT molecular complexity index is 193. The van der Waals surface area contributed by atoms with E-state index >= 15 is 0 Å². The first-order valence-corrected chi connectivity index (χ1v) is 4.55.